The highest BCUT2D eigenvalue weighted by Gasteiger charge is 2.19. The lowest BCUT2D eigenvalue weighted by Crippen LogP contribution is -2.36. The molecule has 9 nitrogen and oxygen atoms in total. The number of nitrogens with zero attached hydrogens (tertiary/aromatic N) is 5. The molecule has 0 saturated carbocycles. The largest absolute Gasteiger partial charge is 0.378 e. The van der Waals surface area contributed by atoms with Gasteiger partial charge in [-0.3, -0.25) is 10.2 Å². The van der Waals surface area contributed by atoms with Crippen LogP contribution in [0.25, 0.3) is 44.6 Å². The van der Waals surface area contributed by atoms with E-state index in [4.69, 9.17) is 9.72 Å². The highest BCUT2D eigenvalue weighted by Crippen LogP contribution is 2.31. The van der Waals surface area contributed by atoms with Gasteiger partial charge in [0.05, 0.1) is 30.4 Å². The Morgan fingerprint density at radius 1 is 1.03 bits per heavy atom. The van der Waals surface area contributed by atoms with E-state index in [1.54, 1.807) is 0 Å². The summed E-state index contributed by atoms with van der Waals surface area (Å²) < 4.78 is 5.47. The lowest BCUT2D eigenvalue weighted by atomic mass is 10.1. The second-order valence-corrected chi connectivity index (χ2v) is 7.04. The molecule has 1 aromatic carbocycles. The Morgan fingerprint density at radius 3 is 2.83 bits per heavy atom. The van der Waals surface area contributed by atoms with E-state index in [2.05, 4.69) is 41.3 Å². The number of hydrogen-bond acceptors (Lipinski definition) is 6. The third-order valence-corrected chi connectivity index (χ3v) is 5.31. The summed E-state index contributed by atoms with van der Waals surface area (Å²) in [6.45, 7) is 3.04. The van der Waals surface area contributed by atoms with Crippen LogP contribution < -0.4 is 4.90 Å². The maximum atomic E-state index is 5.47. The number of benzene rings is 1. The van der Waals surface area contributed by atoms with Gasteiger partial charge in [-0.25, -0.2) is 9.97 Å². The number of nitrogens with one attached hydrogen (secondary N) is 3. The molecule has 9 heteroatoms. The fraction of sp³-hybridized carbons (Fsp3) is 0.200. The van der Waals surface area contributed by atoms with E-state index < -0.39 is 0 Å². The first-order valence-corrected chi connectivity index (χ1v) is 9.52. The van der Waals surface area contributed by atoms with Crippen molar-refractivity contribution in [1.29, 1.82) is 0 Å². The highest BCUT2D eigenvalue weighted by molar-refractivity contribution is 5.96. The number of aromatic amines is 3. The van der Waals surface area contributed by atoms with Gasteiger partial charge < -0.3 is 14.6 Å². The second kappa shape index (κ2) is 6.42. The third-order valence-electron chi connectivity index (χ3n) is 5.31. The summed E-state index contributed by atoms with van der Waals surface area (Å²) in [4.78, 5) is 15.1. The summed E-state index contributed by atoms with van der Waals surface area (Å²) in [5.74, 6) is 1.60. The molecule has 0 aliphatic carbocycles. The molecule has 0 radical (unpaired) electrons. The predicted octanol–water partition coefficient (Wildman–Crippen LogP) is 2.73. The molecule has 5 heterocycles. The summed E-state index contributed by atoms with van der Waals surface area (Å²) in [6, 6.07) is 8.13. The molecule has 0 unspecified atom stereocenters. The average molecular weight is 386 g/mol. The molecular formula is C20H18N8O. The van der Waals surface area contributed by atoms with E-state index >= 15 is 0 Å². The second-order valence-electron chi connectivity index (χ2n) is 7.04. The van der Waals surface area contributed by atoms with Gasteiger partial charge in [0.1, 0.15) is 11.2 Å². The highest BCUT2D eigenvalue weighted by atomic mass is 16.5. The van der Waals surface area contributed by atoms with Crippen molar-refractivity contribution in [2.45, 2.75) is 0 Å². The molecule has 4 aromatic heterocycles. The van der Waals surface area contributed by atoms with Gasteiger partial charge in [0, 0.05) is 36.4 Å². The Balaban J connectivity index is 1.48. The van der Waals surface area contributed by atoms with E-state index in [1.807, 2.05) is 36.8 Å². The molecule has 144 valence electrons. The van der Waals surface area contributed by atoms with Gasteiger partial charge in [0.15, 0.2) is 11.6 Å². The van der Waals surface area contributed by atoms with E-state index in [1.165, 1.54) is 0 Å². The van der Waals surface area contributed by atoms with Crippen LogP contribution in [-0.2, 0) is 4.74 Å². The zero-order valence-corrected chi connectivity index (χ0v) is 15.5. The third kappa shape index (κ3) is 2.66. The summed E-state index contributed by atoms with van der Waals surface area (Å²) in [7, 11) is 0. The van der Waals surface area contributed by atoms with Gasteiger partial charge in [-0.05, 0) is 23.8 Å². The Labute approximate surface area is 165 Å². The maximum absolute atomic E-state index is 5.47. The minimum Gasteiger partial charge on any atom is -0.378 e. The maximum Gasteiger partial charge on any atom is 0.159 e. The summed E-state index contributed by atoms with van der Waals surface area (Å²) in [5.41, 5.74) is 5.64. The van der Waals surface area contributed by atoms with Crippen LogP contribution in [0.1, 0.15) is 0 Å². The van der Waals surface area contributed by atoms with Crippen LogP contribution in [0.5, 0.6) is 0 Å². The molecule has 0 spiro atoms. The van der Waals surface area contributed by atoms with Crippen molar-refractivity contribution in [2.75, 3.05) is 31.2 Å². The standard InChI is InChI=1S/C20H18N8O/c1-2-15-14(9-12(1)13-10-22-23-11-13)17(27-26-15)19-24-16-3-4-21-20(18(16)25-19)28-5-7-29-8-6-28/h1-4,9-11H,5-8H2,(H,22,23)(H,24,25)(H,26,27). The first-order valence-electron chi connectivity index (χ1n) is 9.52. The van der Waals surface area contributed by atoms with Crippen LogP contribution in [0.2, 0.25) is 0 Å². The minimum absolute atomic E-state index is 0.705. The van der Waals surface area contributed by atoms with Crippen molar-refractivity contribution >= 4 is 27.8 Å². The van der Waals surface area contributed by atoms with Gasteiger partial charge in [-0.15, -0.1) is 0 Å². The Kier molecular flexibility index (Phi) is 3.60. The molecule has 6 rings (SSSR count). The molecule has 0 atom stereocenters. The molecule has 1 aliphatic rings. The van der Waals surface area contributed by atoms with Crippen molar-refractivity contribution in [2.24, 2.45) is 0 Å². The number of anilines is 1. The molecule has 1 aliphatic heterocycles. The monoisotopic (exact) mass is 386 g/mol. The molecule has 1 fully saturated rings. The number of fused-ring (bicyclic) bond motifs is 2. The van der Waals surface area contributed by atoms with Crippen LogP contribution in [0.4, 0.5) is 5.82 Å². The van der Waals surface area contributed by atoms with Gasteiger partial charge in [-0.1, -0.05) is 6.07 Å². The van der Waals surface area contributed by atoms with Crippen molar-refractivity contribution in [1.82, 2.24) is 35.3 Å². The molecular weight excluding hydrogens is 368 g/mol. The fourth-order valence-corrected chi connectivity index (χ4v) is 3.82. The zero-order chi connectivity index (χ0) is 19.2. The van der Waals surface area contributed by atoms with Crippen LogP contribution >= 0.6 is 0 Å². The molecule has 29 heavy (non-hydrogen) atoms. The van der Waals surface area contributed by atoms with Crippen molar-refractivity contribution in [3.8, 4) is 22.6 Å². The smallest absolute Gasteiger partial charge is 0.159 e. The van der Waals surface area contributed by atoms with Gasteiger partial charge >= 0.3 is 0 Å². The number of pyridine rings is 1. The van der Waals surface area contributed by atoms with E-state index in [-0.39, 0.29) is 0 Å². The summed E-state index contributed by atoms with van der Waals surface area (Å²) in [5, 5.41) is 15.5. The lowest BCUT2D eigenvalue weighted by Gasteiger charge is -2.27. The number of imidazole rings is 1. The number of aromatic nitrogens is 7. The zero-order valence-electron chi connectivity index (χ0n) is 15.5. The van der Waals surface area contributed by atoms with Crippen LogP contribution in [0, 0.1) is 0 Å². The fourth-order valence-electron chi connectivity index (χ4n) is 3.82. The van der Waals surface area contributed by atoms with E-state index in [9.17, 15) is 0 Å². The van der Waals surface area contributed by atoms with Gasteiger partial charge in [0.25, 0.3) is 0 Å². The molecule has 0 amide bonds. The minimum atomic E-state index is 0.705. The SMILES string of the molecule is c1cc2[nH]c(-c3n[nH]c4ccc(-c5cn[nH]c5)cc34)nc2c(N2CCOCC2)n1. The van der Waals surface area contributed by atoms with Crippen molar-refractivity contribution in [3.63, 3.8) is 0 Å². The Hall–Kier alpha value is -3.72. The van der Waals surface area contributed by atoms with Crippen LogP contribution in [0.3, 0.4) is 0 Å². The van der Waals surface area contributed by atoms with E-state index in [0.717, 1.165) is 63.5 Å². The normalized spacial score (nSPS) is 14.8. The number of ether oxygens (including phenoxy) is 1. The Bertz CT molecular complexity index is 1300. The van der Waals surface area contributed by atoms with Gasteiger partial charge in [-0.2, -0.15) is 10.2 Å². The molecule has 5 aromatic rings. The summed E-state index contributed by atoms with van der Waals surface area (Å²) in [6.07, 6.45) is 5.50. The van der Waals surface area contributed by atoms with Crippen LogP contribution in [-0.4, -0.2) is 61.6 Å². The van der Waals surface area contributed by atoms with Crippen LogP contribution in [0.15, 0.2) is 42.9 Å². The molecule has 3 N–H and O–H groups in total. The number of hydrogen-bond donors (Lipinski definition) is 3. The van der Waals surface area contributed by atoms with E-state index in [0.29, 0.717) is 13.2 Å². The number of H-pyrrole nitrogens is 3. The first-order chi connectivity index (χ1) is 14.4. The predicted molar refractivity (Wildman–Crippen MR) is 110 cm³/mol. The Morgan fingerprint density at radius 2 is 1.97 bits per heavy atom. The average Bonchev–Trinajstić information content (AvgIpc) is 3.52. The number of rotatable bonds is 3. The summed E-state index contributed by atoms with van der Waals surface area (Å²) >= 11 is 0. The number of morpholine rings is 1. The lowest BCUT2D eigenvalue weighted by molar-refractivity contribution is 0.122. The topological polar surface area (TPSA) is 111 Å². The molecule has 1 saturated heterocycles. The van der Waals surface area contributed by atoms with Crippen molar-refractivity contribution < 1.29 is 4.74 Å². The first kappa shape index (κ1) is 16.3. The quantitative estimate of drug-likeness (QED) is 0.440. The van der Waals surface area contributed by atoms with Crippen molar-refractivity contribution in [3.05, 3.63) is 42.9 Å². The van der Waals surface area contributed by atoms with Gasteiger partial charge in [0.2, 0.25) is 0 Å². The molecule has 0 bridgehead atoms.